The van der Waals surface area contributed by atoms with Gasteiger partial charge in [-0.3, -0.25) is 0 Å². The van der Waals surface area contributed by atoms with Crippen LogP contribution in [-0.4, -0.2) is 35.8 Å². The molecular formula is C14H19F7O2. The summed E-state index contributed by atoms with van der Waals surface area (Å²) in [4.78, 5) is 0. The summed E-state index contributed by atoms with van der Waals surface area (Å²) in [7, 11) is 0. The monoisotopic (exact) mass is 352 g/mol. The lowest BCUT2D eigenvalue weighted by atomic mass is 9.94. The minimum atomic E-state index is -6.03. The van der Waals surface area contributed by atoms with Crippen molar-refractivity contribution in [2.45, 2.75) is 69.8 Å². The molecule has 0 aromatic heterocycles. The molecule has 0 amide bonds. The Morgan fingerprint density at radius 1 is 1.04 bits per heavy atom. The smallest absolute Gasteiger partial charge is 0.453 e. The standard InChI is InChI=1S/C14H19F7O2/c1-10(2)5-9(6-11(3,4)23-10)22-8-12(15,16)7-13(17,18)14(19,20)21/h5H,6-8H2,1-4H3. The molecule has 0 saturated heterocycles. The summed E-state index contributed by atoms with van der Waals surface area (Å²) in [5.74, 6) is -9.74. The van der Waals surface area contributed by atoms with Gasteiger partial charge in [0.05, 0.1) is 23.4 Å². The number of hydrogen-bond acceptors (Lipinski definition) is 2. The summed E-state index contributed by atoms with van der Waals surface area (Å²) in [5.41, 5.74) is -1.57. The van der Waals surface area contributed by atoms with Crippen molar-refractivity contribution in [2.24, 2.45) is 0 Å². The van der Waals surface area contributed by atoms with E-state index in [9.17, 15) is 30.7 Å². The van der Waals surface area contributed by atoms with Crippen LogP contribution >= 0.6 is 0 Å². The summed E-state index contributed by atoms with van der Waals surface area (Å²) >= 11 is 0. The zero-order chi connectivity index (χ0) is 18.3. The Labute approximate surface area is 129 Å². The molecule has 136 valence electrons. The van der Waals surface area contributed by atoms with Crippen molar-refractivity contribution in [3.63, 3.8) is 0 Å². The highest BCUT2D eigenvalue weighted by molar-refractivity contribution is 5.11. The van der Waals surface area contributed by atoms with Gasteiger partial charge in [-0.2, -0.15) is 22.0 Å². The molecule has 0 N–H and O–H groups in total. The second-order valence-corrected chi connectivity index (χ2v) is 6.78. The molecule has 0 aromatic rings. The van der Waals surface area contributed by atoms with E-state index in [0.29, 0.717) is 0 Å². The third-order valence-electron chi connectivity index (χ3n) is 3.01. The molecule has 0 saturated carbocycles. The van der Waals surface area contributed by atoms with E-state index in [0.717, 1.165) is 0 Å². The highest BCUT2D eigenvalue weighted by Crippen LogP contribution is 2.43. The lowest BCUT2D eigenvalue weighted by Crippen LogP contribution is -2.44. The minimum Gasteiger partial charge on any atom is -0.492 e. The number of rotatable bonds is 5. The molecule has 1 heterocycles. The van der Waals surface area contributed by atoms with Crippen molar-refractivity contribution in [3.8, 4) is 0 Å². The van der Waals surface area contributed by atoms with E-state index in [1.165, 1.54) is 6.08 Å². The second kappa shape index (κ2) is 5.82. The molecule has 0 aromatic carbocycles. The van der Waals surface area contributed by atoms with Gasteiger partial charge in [0.1, 0.15) is 0 Å². The molecule has 0 bridgehead atoms. The molecule has 0 atom stereocenters. The highest BCUT2D eigenvalue weighted by atomic mass is 19.4. The minimum absolute atomic E-state index is 0.0706. The van der Waals surface area contributed by atoms with Crippen LogP contribution in [0, 0.1) is 0 Å². The Morgan fingerprint density at radius 2 is 1.57 bits per heavy atom. The van der Waals surface area contributed by atoms with E-state index in [4.69, 9.17) is 9.47 Å². The average Bonchev–Trinajstić information content (AvgIpc) is 2.19. The fourth-order valence-corrected chi connectivity index (χ4v) is 2.40. The summed E-state index contributed by atoms with van der Waals surface area (Å²) in [6.07, 6.45) is -7.18. The van der Waals surface area contributed by atoms with Gasteiger partial charge < -0.3 is 9.47 Å². The van der Waals surface area contributed by atoms with Crippen LogP contribution in [0.1, 0.15) is 40.5 Å². The van der Waals surface area contributed by atoms with E-state index >= 15 is 0 Å². The number of alkyl halides is 7. The molecule has 0 unspecified atom stereocenters. The zero-order valence-electron chi connectivity index (χ0n) is 13.2. The fraction of sp³-hybridized carbons (Fsp3) is 0.857. The third-order valence-corrected chi connectivity index (χ3v) is 3.01. The normalized spacial score (nSPS) is 21.8. The van der Waals surface area contributed by atoms with Crippen LogP contribution in [0.5, 0.6) is 0 Å². The van der Waals surface area contributed by atoms with Crippen LogP contribution in [0.2, 0.25) is 0 Å². The van der Waals surface area contributed by atoms with E-state index in [1.54, 1.807) is 27.7 Å². The predicted octanol–water partition coefficient (Wildman–Crippen LogP) is 5.09. The van der Waals surface area contributed by atoms with Gasteiger partial charge in [0, 0.05) is 6.42 Å². The average molecular weight is 352 g/mol. The molecule has 1 aliphatic rings. The molecule has 0 spiro atoms. The Balaban J connectivity index is 2.75. The van der Waals surface area contributed by atoms with Crippen molar-refractivity contribution >= 4 is 0 Å². The van der Waals surface area contributed by atoms with Crippen molar-refractivity contribution in [2.75, 3.05) is 6.61 Å². The first-order valence-corrected chi connectivity index (χ1v) is 6.82. The largest absolute Gasteiger partial charge is 0.492 e. The van der Waals surface area contributed by atoms with Crippen LogP contribution in [0.4, 0.5) is 30.7 Å². The topological polar surface area (TPSA) is 18.5 Å². The van der Waals surface area contributed by atoms with Crippen LogP contribution in [0.25, 0.3) is 0 Å². The first-order valence-electron chi connectivity index (χ1n) is 6.82. The summed E-state index contributed by atoms with van der Waals surface area (Å²) in [6.45, 7) is 5.10. The van der Waals surface area contributed by atoms with Crippen LogP contribution in [0.15, 0.2) is 11.8 Å². The molecule has 9 heteroatoms. The maximum atomic E-state index is 13.4. The maximum Gasteiger partial charge on any atom is 0.453 e. The van der Waals surface area contributed by atoms with Crippen LogP contribution < -0.4 is 0 Å². The lowest BCUT2D eigenvalue weighted by Gasteiger charge is -2.39. The molecule has 0 fully saturated rings. The Kier molecular flexibility index (Phi) is 5.08. The van der Waals surface area contributed by atoms with Crippen LogP contribution in [0.3, 0.4) is 0 Å². The fourth-order valence-electron chi connectivity index (χ4n) is 2.40. The van der Waals surface area contributed by atoms with Gasteiger partial charge in [-0.1, -0.05) is 0 Å². The third kappa shape index (κ3) is 5.86. The first-order chi connectivity index (χ1) is 9.95. The second-order valence-electron chi connectivity index (χ2n) is 6.78. The van der Waals surface area contributed by atoms with Gasteiger partial charge in [0.15, 0.2) is 6.61 Å². The SMILES string of the molecule is CC1(C)C=C(OCC(F)(F)CC(F)(F)C(F)(F)F)CC(C)(C)O1. The summed E-state index contributed by atoms with van der Waals surface area (Å²) in [6, 6.07) is 0. The van der Waals surface area contributed by atoms with Gasteiger partial charge >= 0.3 is 12.1 Å². The number of halogens is 7. The molecule has 1 rings (SSSR count). The van der Waals surface area contributed by atoms with Crippen molar-refractivity contribution in [1.82, 2.24) is 0 Å². The Bertz CT molecular complexity index is 464. The van der Waals surface area contributed by atoms with Gasteiger partial charge in [-0.25, -0.2) is 8.78 Å². The lowest BCUT2D eigenvalue weighted by molar-refractivity contribution is -0.302. The molecule has 0 aliphatic carbocycles. The number of hydrogen-bond donors (Lipinski definition) is 0. The zero-order valence-corrected chi connectivity index (χ0v) is 13.2. The summed E-state index contributed by atoms with van der Waals surface area (Å²) < 4.78 is 98.8. The predicted molar refractivity (Wildman–Crippen MR) is 68.5 cm³/mol. The molecule has 1 aliphatic heterocycles. The Morgan fingerprint density at radius 3 is 2.00 bits per heavy atom. The van der Waals surface area contributed by atoms with Gasteiger partial charge in [0.25, 0.3) is 5.92 Å². The van der Waals surface area contributed by atoms with E-state index in [2.05, 4.69) is 0 Å². The van der Waals surface area contributed by atoms with Gasteiger partial charge in [0.2, 0.25) is 0 Å². The first kappa shape index (κ1) is 20.1. The molecule has 23 heavy (non-hydrogen) atoms. The van der Waals surface area contributed by atoms with Gasteiger partial charge in [-0.15, -0.1) is 0 Å². The van der Waals surface area contributed by atoms with Crippen molar-refractivity contribution in [1.29, 1.82) is 0 Å². The maximum absolute atomic E-state index is 13.4. The number of ether oxygens (including phenoxy) is 2. The van der Waals surface area contributed by atoms with Crippen LogP contribution in [-0.2, 0) is 9.47 Å². The Hall–Kier alpha value is -0.990. The molecule has 0 radical (unpaired) electrons. The van der Waals surface area contributed by atoms with E-state index in [-0.39, 0.29) is 12.2 Å². The van der Waals surface area contributed by atoms with Gasteiger partial charge in [-0.05, 0) is 33.8 Å². The molecule has 2 nitrogen and oxygen atoms in total. The quantitative estimate of drug-likeness (QED) is 0.642. The van der Waals surface area contributed by atoms with E-state index < -0.39 is 42.3 Å². The molecular weight excluding hydrogens is 333 g/mol. The van der Waals surface area contributed by atoms with Crippen molar-refractivity contribution < 1.29 is 40.2 Å². The van der Waals surface area contributed by atoms with Crippen molar-refractivity contribution in [3.05, 3.63) is 11.8 Å². The highest BCUT2D eigenvalue weighted by Gasteiger charge is 2.61. The van der Waals surface area contributed by atoms with E-state index in [1.807, 2.05) is 0 Å². The summed E-state index contributed by atoms with van der Waals surface area (Å²) in [5, 5.41) is 0.